The van der Waals surface area contributed by atoms with E-state index in [4.69, 9.17) is 27.9 Å². The summed E-state index contributed by atoms with van der Waals surface area (Å²) < 4.78 is 33.7. The highest BCUT2D eigenvalue weighted by Crippen LogP contribution is 2.32. The highest BCUT2D eigenvalue weighted by atomic mass is 35.5. The number of halogens is 4. The molecule has 2 aliphatic heterocycles. The monoisotopic (exact) mass is 447 g/mol. The van der Waals surface area contributed by atoms with E-state index >= 15 is 0 Å². The summed E-state index contributed by atoms with van der Waals surface area (Å²) in [5.41, 5.74) is -0.435. The van der Waals surface area contributed by atoms with Crippen LogP contribution in [0.1, 0.15) is 32.0 Å². The van der Waals surface area contributed by atoms with Gasteiger partial charge in [-0.3, -0.25) is 9.89 Å². The second-order valence-electron chi connectivity index (χ2n) is 7.70. The lowest BCUT2D eigenvalue weighted by Crippen LogP contribution is -2.57. The maximum absolute atomic E-state index is 14.6. The molecule has 1 aromatic rings. The molecule has 11 heteroatoms. The number of alkyl halides is 1. The predicted octanol–water partition coefficient (Wildman–Crippen LogP) is 3.83. The average Bonchev–Trinajstić information content (AvgIpc) is 2.78. The van der Waals surface area contributed by atoms with Gasteiger partial charge < -0.3 is 9.64 Å². The van der Waals surface area contributed by atoms with Crippen molar-refractivity contribution in [2.24, 2.45) is 4.99 Å². The van der Waals surface area contributed by atoms with Gasteiger partial charge in [0.15, 0.2) is 5.83 Å². The molecule has 0 saturated carbocycles. The number of amides is 1. The fourth-order valence-corrected chi connectivity index (χ4v) is 3.44. The number of rotatable bonds is 2. The van der Waals surface area contributed by atoms with Crippen molar-refractivity contribution < 1.29 is 18.3 Å². The second-order valence-corrected chi connectivity index (χ2v) is 8.49. The van der Waals surface area contributed by atoms with Gasteiger partial charge in [-0.15, -0.1) is 0 Å². The Hall–Kier alpha value is -2.00. The van der Waals surface area contributed by atoms with Gasteiger partial charge in [-0.25, -0.2) is 18.6 Å². The Morgan fingerprint density at radius 2 is 2.03 bits per heavy atom. The van der Waals surface area contributed by atoms with Crippen LogP contribution in [0.25, 0.3) is 5.83 Å². The first-order chi connectivity index (χ1) is 13.6. The Bertz CT molecular complexity index is 873. The van der Waals surface area contributed by atoms with E-state index in [1.807, 2.05) is 0 Å². The Morgan fingerprint density at radius 3 is 2.69 bits per heavy atom. The molecular weight excluding hydrogens is 427 g/mol. The number of aromatic nitrogens is 2. The Morgan fingerprint density at radius 1 is 1.31 bits per heavy atom. The highest BCUT2D eigenvalue weighted by Gasteiger charge is 2.35. The fourth-order valence-electron chi connectivity index (χ4n) is 3.11. The van der Waals surface area contributed by atoms with E-state index in [1.54, 1.807) is 25.7 Å². The molecule has 0 aromatic carbocycles. The Kier molecular flexibility index (Phi) is 6.28. The lowest BCUT2D eigenvalue weighted by atomic mass is 10.1. The summed E-state index contributed by atoms with van der Waals surface area (Å²) >= 11 is 11.9. The van der Waals surface area contributed by atoms with Crippen LogP contribution in [-0.2, 0) is 4.74 Å². The zero-order chi connectivity index (χ0) is 21.3. The molecule has 0 N–H and O–H groups in total. The van der Waals surface area contributed by atoms with Crippen LogP contribution >= 0.6 is 23.2 Å². The zero-order valence-corrected chi connectivity index (χ0v) is 17.8. The fraction of sp³-hybridized carbons (Fsp3) is 0.556. The van der Waals surface area contributed by atoms with Gasteiger partial charge in [0.05, 0.1) is 23.2 Å². The number of ether oxygens (including phenoxy) is 1. The van der Waals surface area contributed by atoms with Crippen LogP contribution in [0, 0.1) is 0 Å². The minimum Gasteiger partial charge on any atom is -0.444 e. The third-order valence-corrected chi connectivity index (χ3v) is 4.84. The van der Waals surface area contributed by atoms with Gasteiger partial charge in [0, 0.05) is 25.8 Å². The topological polar surface area (TPSA) is 70.9 Å². The normalized spacial score (nSPS) is 19.9. The van der Waals surface area contributed by atoms with Gasteiger partial charge in [-0.2, -0.15) is 4.98 Å². The maximum atomic E-state index is 14.6. The number of nitrogens with zero attached hydrogens (tertiary/aromatic N) is 5. The largest absolute Gasteiger partial charge is 0.444 e. The summed E-state index contributed by atoms with van der Waals surface area (Å²) in [5, 5.41) is -0.253. The smallest absolute Gasteiger partial charge is 0.410 e. The number of anilines is 1. The maximum Gasteiger partial charge on any atom is 0.410 e. The first-order valence-corrected chi connectivity index (χ1v) is 9.78. The van der Waals surface area contributed by atoms with Crippen molar-refractivity contribution in [1.29, 1.82) is 0 Å². The number of piperazine rings is 1. The minimum atomic E-state index is -0.773. The first-order valence-electron chi connectivity index (χ1n) is 9.03. The van der Waals surface area contributed by atoms with Crippen molar-refractivity contribution in [3.05, 3.63) is 21.6 Å². The van der Waals surface area contributed by atoms with Crippen molar-refractivity contribution in [1.82, 2.24) is 14.9 Å². The third-order valence-electron chi connectivity index (χ3n) is 4.38. The molecule has 1 atom stereocenters. The third kappa shape index (κ3) is 4.78. The predicted molar refractivity (Wildman–Crippen MR) is 108 cm³/mol. The molecule has 29 heavy (non-hydrogen) atoms. The summed E-state index contributed by atoms with van der Waals surface area (Å²) in [5.74, 6) is -0.410. The number of fused-ring (bicyclic) bond motifs is 1. The number of aliphatic imine (C=N–C) groups is 1. The molecule has 1 amide bonds. The summed E-state index contributed by atoms with van der Waals surface area (Å²) in [6.45, 7) is 5.09. The number of hydrogen-bond acceptors (Lipinski definition) is 6. The van der Waals surface area contributed by atoms with Crippen molar-refractivity contribution in [2.75, 3.05) is 37.8 Å². The van der Waals surface area contributed by atoms with E-state index in [-0.39, 0.29) is 35.6 Å². The molecule has 158 valence electrons. The molecule has 1 aromatic heterocycles. The summed E-state index contributed by atoms with van der Waals surface area (Å²) in [4.78, 5) is 27.7. The van der Waals surface area contributed by atoms with Gasteiger partial charge in [-0.05, 0) is 32.4 Å². The van der Waals surface area contributed by atoms with Crippen LogP contribution in [0.3, 0.4) is 0 Å². The van der Waals surface area contributed by atoms with E-state index in [2.05, 4.69) is 15.0 Å². The molecule has 7 nitrogen and oxygen atoms in total. The number of carbonyl (C=O) groups is 1. The van der Waals surface area contributed by atoms with Gasteiger partial charge in [-0.1, -0.05) is 11.6 Å². The second kappa shape index (κ2) is 8.39. The molecule has 3 heterocycles. The molecule has 0 bridgehead atoms. The van der Waals surface area contributed by atoms with E-state index in [9.17, 15) is 13.6 Å². The van der Waals surface area contributed by atoms with Crippen LogP contribution < -0.4 is 4.90 Å². The average molecular weight is 448 g/mol. The van der Waals surface area contributed by atoms with Crippen LogP contribution in [-0.4, -0.2) is 71.7 Å². The van der Waals surface area contributed by atoms with Gasteiger partial charge >= 0.3 is 6.09 Å². The molecule has 0 aliphatic carbocycles. The van der Waals surface area contributed by atoms with Crippen molar-refractivity contribution in [3.63, 3.8) is 0 Å². The lowest BCUT2D eigenvalue weighted by molar-refractivity contribution is 0.0113. The van der Waals surface area contributed by atoms with E-state index in [1.165, 1.54) is 11.1 Å². The highest BCUT2D eigenvalue weighted by molar-refractivity contribution is 6.33. The molecule has 2 aliphatic rings. The summed E-state index contributed by atoms with van der Waals surface area (Å²) in [7, 11) is 0. The van der Waals surface area contributed by atoms with Crippen LogP contribution in [0.2, 0.25) is 5.28 Å². The lowest BCUT2D eigenvalue weighted by Gasteiger charge is -2.41. The first kappa shape index (κ1) is 21.7. The van der Waals surface area contributed by atoms with Crippen molar-refractivity contribution >= 4 is 47.2 Å². The van der Waals surface area contributed by atoms with E-state index < -0.39 is 30.2 Å². The van der Waals surface area contributed by atoms with E-state index in [0.29, 0.717) is 17.9 Å². The van der Waals surface area contributed by atoms with Crippen LogP contribution in [0.15, 0.2) is 10.0 Å². The molecule has 0 spiro atoms. The van der Waals surface area contributed by atoms with Gasteiger partial charge in [0.2, 0.25) is 5.28 Å². The van der Waals surface area contributed by atoms with Crippen molar-refractivity contribution in [3.8, 4) is 0 Å². The Labute approximate surface area is 177 Å². The molecule has 1 fully saturated rings. The van der Waals surface area contributed by atoms with E-state index in [0.717, 1.165) is 0 Å². The standard InChI is InChI=1S/C18H21Cl2F2N5O2/c1-18(2,3)29-17(28)27-5-4-26(9-10(27)6-21)15-11-7-23-8-12(19)13(22)14(11)24-16(20)25-15/h7,10H,4-6,8-9H2,1-3H3. The van der Waals surface area contributed by atoms with Crippen molar-refractivity contribution in [2.45, 2.75) is 32.4 Å². The number of hydrogen-bond donors (Lipinski definition) is 0. The summed E-state index contributed by atoms with van der Waals surface area (Å²) in [6.07, 6.45) is 0.849. The molecular formula is C18H21Cl2F2N5O2. The van der Waals surface area contributed by atoms with Gasteiger partial charge in [0.1, 0.15) is 23.8 Å². The zero-order valence-electron chi connectivity index (χ0n) is 16.3. The van der Waals surface area contributed by atoms with Gasteiger partial charge in [0.25, 0.3) is 0 Å². The molecule has 1 saturated heterocycles. The van der Waals surface area contributed by atoms with Crippen LogP contribution in [0.5, 0.6) is 0 Å². The SMILES string of the molecule is CC(C)(C)OC(=O)N1CCN(c2nc(Cl)nc3c2C=NCC(Cl)=C3F)CC1CF. The quantitative estimate of drug-likeness (QED) is 0.644. The van der Waals surface area contributed by atoms with Crippen LogP contribution in [0.4, 0.5) is 19.4 Å². The molecule has 1 unspecified atom stereocenters. The minimum absolute atomic E-state index is 0.0274. The molecule has 0 radical (unpaired) electrons. The number of carbonyl (C=O) groups excluding carboxylic acids is 1. The summed E-state index contributed by atoms with van der Waals surface area (Å²) in [6, 6.07) is -0.755. The molecule has 3 rings (SSSR count). The Balaban J connectivity index is 1.90.